The Balaban J connectivity index is 1.13. The smallest absolute Gasteiger partial charge is 0.281 e. The van der Waals surface area contributed by atoms with Gasteiger partial charge in [-0.2, -0.15) is 5.10 Å². The number of ether oxygens (including phenoxy) is 1. The lowest BCUT2D eigenvalue weighted by molar-refractivity contribution is -0.128. The number of amides is 1. The molecule has 2 unspecified atom stereocenters. The third kappa shape index (κ3) is 4.09. The molecule has 0 bridgehead atoms. The molecule has 9 nitrogen and oxygen atoms in total. The van der Waals surface area contributed by atoms with Gasteiger partial charge >= 0.3 is 0 Å². The maximum absolute atomic E-state index is 14.4. The van der Waals surface area contributed by atoms with Crippen LogP contribution in [-0.4, -0.2) is 102 Å². The van der Waals surface area contributed by atoms with Crippen molar-refractivity contribution in [2.24, 2.45) is 0 Å². The van der Waals surface area contributed by atoms with Crippen LogP contribution in [-0.2, 0) is 15.1 Å². The topological polar surface area (TPSA) is 70.0 Å². The van der Waals surface area contributed by atoms with Crippen LogP contribution in [0.4, 0.5) is 24.7 Å². The van der Waals surface area contributed by atoms with E-state index in [4.69, 9.17) is 4.74 Å². The van der Waals surface area contributed by atoms with Crippen molar-refractivity contribution in [1.82, 2.24) is 24.6 Å². The zero-order valence-electron chi connectivity index (χ0n) is 23.1. The third-order valence-corrected chi connectivity index (χ3v) is 9.43. The zero-order valence-corrected chi connectivity index (χ0v) is 23.1. The van der Waals surface area contributed by atoms with Crippen molar-refractivity contribution in [3.05, 3.63) is 53.5 Å². The Hall–Kier alpha value is -3.38. The van der Waals surface area contributed by atoms with Gasteiger partial charge in [-0.15, -0.1) is 0 Å². The third-order valence-electron chi connectivity index (χ3n) is 9.43. The van der Waals surface area contributed by atoms with Crippen molar-refractivity contribution < 1.29 is 22.7 Å². The second-order valence-electron chi connectivity index (χ2n) is 11.7. The first kappa shape index (κ1) is 26.5. The number of aromatic nitrogens is 3. The van der Waals surface area contributed by atoms with E-state index < -0.39 is 24.7 Å². The number of halogens is 3. The standard InChI is InChI=1S/C29H34F3N7O2/c1-3-25(40)36-9-7-35(8-10-36)23-14-38-21(23)6-4-5-20-22(38)11-24(34-26(20)28(31)32)37-16-29(17-37)27-18(2)13-33-39(27)19(12-30)15-41-29/h3-5,11,13,19,21,23,28H,1,6-10,12,14-17H2,2H3/t19?,21?,23-/m1/s1. The number of piperazine rings is 1. The first-order valence-corrected chi connectivity index (χ1v) is 14.2. The molecule has 218 valence electrons. The van der Waals surface area contributed by atoms with Crippen LogP contribution in [0.3, 0.4) is 0 Å². The van der Waals surface area contributed by atoms with E-state index in [1.807, 2.05) is 28.9 Å². The van der Waals surface area contributed by atoms with Crippen LogP contribution < -0.4 is 9.80 Å². The minimum atomic E-state index is -2.72. The Labute approximate surface area is 236 Å². The number of hydrogen-bond acceptors (Lipinski definition) is 7. The zero-order chi connectivity index (χ0) is 28.5. The predicted octanol–water partition coefficient (Wildman–Crippen LogP) is 3.08. The molecule has 5 aliphatic heterocycles. The summed E-state index contributed by atoms with van der Waals surface area (Å²) < 4.78 is 50.3. The maximum Gasteiger partial charge on any atom is 0.281 e. The van der Waals surface area contributed by atoms with Crippen LogP contribution in [0, 0.1) is 6.92 Å². The Kier molecular flexibility index (Phi) is 6.38. The molecule has 3 saturated heterocycles. The summed E-state index contributed by atoms with van der Waals surface area (Å²) in [5.41, 5.74) is 2.18. The number of nitrogens with zero attached hydrogens (tertiary/aromatic N) is 7. The SMILES string of the molecule is C=CC(=O)N1CCN([C@@H]2CN3c4cc(N5CC6(C5)OCC(CF)n5ncc(C)c56)nc(C(F)F)c4C=CCC23)CC1. The molecule has 1 amide bonds. The van der Waals surface area contributed by atoms with Gasteiger partial charge in [0.15, 0.2) is 0 Å². The Bertz CT molecular complexity index is 1400. The fraction of sp³-hybridized carbons (Fsp3) is 0.552. The normalized spacial score (nSPS) is 26.7. The van der Waals surface area contributed by atoms with Crippen molar-refractivity contribution in [3.63, 3.8) is 0 Å². The van der Waals surface area contributed by atoms with E-state index in [1.165, 1.54) is 6.08 Å². The summed E-state index contributed by atoms with van der Waals surface area (Å²) in [5, 5.41) is 4.40. The molecule has 7 rings (SSSR count). The van der Waals surface area contributed by atoms with E-state index in [9.17, 15) is 18.0 Å². The molecule has 0 radical (unpaired) electrons. The van der Waals surface area contributed by atoms with E-state index in [0.717, 1.165) is 43.0 Å². The number of aryl methyl sites for hydroxylation is 1. The van der Waals surface area contributed by atoms with E-state index >= 15 is 0 Å². The van der Waals surface area contributed by atoms with E-state index in [2.05, 4.69) is 26.5 Å². The molecule has 3 fully saturated rings. The molecule has 0 saturated carbocycles. The molecule has 0 N–H and O–H groups in total. The lowest BCUT2D eigenvalue weighted by Gasteiger charge is -2.55. The molecule has 5 aliphatic rings. The fourth-order valence-corrected chi connectivity index (χ4v) is 7.23. The highest BCUT2D eigenvalue weighted by atomic mass is 19.3. The average Bonchev–Trinajstić information content (AvgIpc) is 3.28. The highest BCUT2D eigenvalue weighted by Crippen LogP contribution is 2.47. The summed E-state index contributed by atoms with van der Waals surface area (Å²) in [7, 11) is 0. The number of carbonyl (C=O) groups excluding carboxylic acids is 1. The number of carbonyl (C=O) groups is 1. The van der Waals surface area contributed by atoms with Crippen molar-refractivity contribution in [2.45, 2.75) is 43.5 Å². The molecule has 0 aliphatic carbocycles. The summed E-state index contributed by atoms with van der Waals surface area (Å²) >= 11 is 0. The number of rotatable bonds is 5. The van der Waals surface area contributed by atoms with E-state index in [1.54, 1.807) is 17.0 Å². The van der Waals surface area contributed by atoms with Crippen LogP contribution in [0.1, 0.15) is 41.4 Å². The first-order valence-electron chi connectivity index (χ1n) is 14.2. The van der Waals surface area contributed by atoms with Gasteiger partial charge in [0.2, 0.25) is 5.91 Å². The van der Waals surface area contributed by atoms with E-state index in [-0.39, 0.29) is 30.3 Å². The highest BCUT2D eigenvalue weighted by Gasteiger charge is 2.53. The van der Waals surface area contributed by atoms with Crippen molar-refractivity contribution in [3.8, 4) is 0 Å². The molecule has 0 aromatic carbocycles. The van der Waals surface area contributed by atoms with Gasteiger partial charge in [-0.05, 0) is 25.0 Å². The van der Waals surface area contributed by atoms with Gasteiger partial charge in [0, 0.05) is 56.4 Å². The van der Waals surface area contributed by atoms with Gasteiger partial charge < -0.3 is 19.4 Å². The van der Waals surface area contributed by atoms with Crippen molar-refractivity contribution in [1.29, 1.82) is 0 Å². The number of hydrogen-bond donors (Lipinski definition) is 0. The summed E-state index contributed by atoms with van der Waals surface area (Å²) in [5.74, 6) is 0.456. The second-order valence-corrected chi connectivity index (χ2v) is 11.7. The Morgan fingerprint density at radius 2 is 2.02 bits per heavy atom. The summed E-state index contributed by atoms with van der Waals surface area (Å²) in [4.78, 5) is 24.9. The molecular formula is C29H34F3N7O2. The van der Waals surface area contributed by atoms with Crippen LogP contribution in [0.25, 0.3) is 6.08 Å². The summed E-state index contributed by atoms with van der Waals surface area (Å²) in [6.07, 6.45) is 4.91. The number of pyridine rings is 1. The van der Waals surface area contributed by atoms with Crippen LogP contribution in [0.15, 0.2) is 31.0 Å². The maximum atomic E-state index is 14.4. The molecule has 41 heavy (non-hydrogen) atoms. The molecule has 2 aromatic rings. The summed E-state index contributed by atoms with van der Waals surface area (Å²) in [6, 6.07) is 1.93. The van der Waals surface area contributed by atoms with Gasteiger partial charge in [-0.1, -0.05) is 18.7 Å². The van der Waals surface area contributed by atoms with Crippen molar-refractivity contribution in [2.75, 3.05) is 68.9 Å². The van der Waals surface area contributed by atoms with Gasteiger partial charge in [0.25, 0.3) is 6.43 Å². The Morgan fingerprint density at radius 3 is 2.73 bits per heavy atom. The number of alkyl halides is 3. The quantitative estimate of drug-likeness (QED) is 0.513. The molecule has 3 atom stereocenters. The van der Waals surface area contributed by atoms with Gasteiger partial charge in [-0.25, -0.2) is 18.2 Å². The van der Waals surface area contributed by atoms with Gasteiger partial charge in [-0.3, -0.25) is 14.4 Å². The molecule has 2 aromatic heterocycles. The largest absolute Gasteiger partial charge is 0.364 e. The minimum Gasteiger partial charge on any atom is -0.364 e. The van der Waals surface area contributed by atoms with Gasteiger partial charge in [0.05, 0.1) is 37.3 Å². The lowest BCUT2D eigenvalue weighted by Crippen LogP contribution is -2.69. The van der Waals surface area contributed by atoms with Crippen LogP contribution >= 0.6 is 0 Å². The highest BCUT2D eigenvalue weighted by molar-refractivity contribution is 5.87. The minimum absolute atomic E-state index is 0.0426. The van der Waals surface area contributed by atoms with Crippen molar-refractivity contribution >= 4 is 23.5 Å². The second kappa shape index (κ2) is 9.87. The molecule has 12 heteroatoms. The molecule has 1 spiro atoms. The molecule has 7 heterocycles. The number of fused-ring (bicyclic) bond motifs is 5. The summed E-state index contributed by atoms with van der Waals surface area (Å²) in [6.45, 7) is 9.66. The van der Waals surface area contributed by atoms with Crippen LogP contribution in [0.2, 0.25) is 0 Å². The van der Waals surface area contributed by atoms with E-state index in [0.29, 0.717) is 37.6 Å². The lowest BCUT2D eigenvalue weighted by atomic mass is 9.86. The average molecular weight is 570 g/mol. The van der Waals surface area contributed by atoms with Crippen LogP contribution in [0.5, 0.6) is 0 Å². The molecular weight excluding hydrogens is 535 g/mol. The number of anilines is 2. The first-order chi connectivity index (χ1) is 19.8. The monoisotopic (exact) mass is 569 g/mol. The van der Waals surface area contributed by atoms with Gasteiger partial charge in [0.1, 0.15) is 29.8 Å². The fourth-order valence-electron chi connectivity index (χ4n) is 7.23. The predicted molar refractivity (Wildman–Crippen MR) is 148 cm³/mol. The Morgan fingerprint density at radius 1 is 1.24 bits per heavy atom.